The van der Waals surface area contributed by atoms with Crippen LogP contribution in [-0.2, 0) is 0 Å². The SMILES string of the molecule is CC1CCC(C(C)C)C(N2CCC(CN)CC2)C1. The summed E-state index contributed by atoms with van der Waals surface area (Å²) in [7, 11) is 0. The Balaban J connectivity index is 1.95. The van der Waals surface area contributed by atoms with E-state index >= 15 is 0 Å². The molecule has 2 aliphatic rings. The monoisotopic (exact) mass is 252 g/mol. The fourth-order valence-corrected chi connectivity index (χ4v) is 4.09. The summed E-state index contributed by atoms with van der Waals surface area (Å²) in [4.78, 5) is 2.80. The second-order valence-corrected chi connectivity index (χ2v) is 7.11. The lowest BCUT2D eigenvalue weighted by Crippen LogP contribution is -2.49. The quantitative estimate of drug-likeness (QED) is 0.836. The normalized spacial score (nSPS) is 36.2. The van der Waals surface area contributed by atoms with E-state index in [1.807, 2.05) is 0 Å². The molecule has 2 rings (SSSR count). The molecule has 1 aliphatic heterocycles. The first kappa shape index (κ1) is 14.3. The zero-order valence-corrected chi connectivity index (χ0v) is 12.6. The van der Waals surface area contributed by atoms with Crippen LogP contribution in [0.1, 0.15) is 52.9 Å². The molecule has 2 nitrogen and oxygen atoms in total. The van der Waals surface area contributed by atoms with E-state index < -0.39 is 0 Å². The molecule has 2 heteroatoms. The fraction of sp³-hybridized carbons (Fsp3) is 1.00. The van der Waals surface area contributed by atoms with Gasteiger partial charge in [-0.2, -0.15) is 0 Å². The van der Waals surface area contributed by atoms with E-state index in [4.69, 9.17) is 5.73 Å². The Labute approximate surface area is 113 Å². The zero-order valence-electron chi connectivity index (χ0n) is 12.6. The third-order valence-electron chi connectivity index (χ3n) is 5.44. The van der Waals surface area contributed by atoms with Crippen molar-refractivity contribution in [1.29, 1.82) is 0 Å². The van der Waals surface area contributed by atoms with Crippen molar-refractivity contribution in [3.8, 4) is 0 Å². The summed E-state index contributed by atoms with van der Waals surface area (Å²) in [5.74, 6) is 3.49. The van der Waals surface area contributed by atoms with Gasteiger partial charge in [-0.3, -0.25) is 0 Å². The van der Waals surface area contributed by atoms with Gasteiger partial charge in [0.1, 0.15) is 0 Å². The average Bonchev–Trinajstić information content (AvgIpc) is 2.38. The molecule has 0 bridgehead atoms. The van der Waals surface area contributed by atoms with Crippen LogP contribution in [0.3, 0.4) is 0 Å². The minimum absolute atomic E-state index is 0.791. The molecular formula is C16H32N2. The Morgan fingerprint density at radius 2 is 1.78 bits per heavy atom. The highest BCUT2D eigenvalue weighted by Crippen LogP contribution is 2.37. The Hall–Kier alpha value is -0.0800. The predicted molar refractivity (Wildman–Crippen MR) is 78.5 cm³/mol. The molecule has 106 valence electrons. The Bertz CT molecular complexity index is 243. The highest BCUT2D eigenvalue weighted by Gasteiger charge is 2.35. The molecule has 1 saturated carbocycles. The summed E-state index contributed by atoms with van der Waals surface area (Å²) in [6, 6.07) is 0.854. The van der Waals surface area contributed by atoms with Crippen molar-refractivity contribution >= 4 is 0 Å². The van der Waals surface area contributed by atoms with E-state index in [1.54, 1.807) is 0 Å². The van der Waals surface area contributed by atoms with Gasteiger partial charge in [0.15, 0.2) is 0 Å². The number of hydrogen-bond acceptors (Lipinski definition) is 2. The van der Waals surface area contributed by atoms with Gasteiger partial charge in [0, 0.05) is 6.04 Å². The van der Waals surface area contributed by atoms with Gasteiger partial charge in [-0.1, -0.05) is 27.2 Å². The molecule has 3 unspecified atom stereocenters. The summed E-state index contributed by atoms with van der Waals surface area (Å²) in [6.07, 6.45) is 6.97. The Morgan fingerprint density at radius 3 is 2.33 bits per heavy atom. The molecule has 0 aromatic heterocycles. The van der Waals surface area contributed by atoms with Crippen molar-refractivity contribution in [1.82, 2.24) is 4.90 Å². The predicted octanol–water partition coefficient (Wildman–Crippen LogP) is 3.12. The number of nitrogens with zero attached hydrogens (tertiary/aromatic N) is 1. The largest absolute Gasteiger partial charge is 0.330 e. The molecular weight excluding hydrogens is 220 g/mol. The lowest BCUT2D eigenvalue weighted by atomic mass is 9.73. The highest BCUT2D eigenvalue weighted by molar-refractivity contribution is 4.89. The second kappa shape index (κ2) is 6.38. The van der Waals surface area contributed by atoms with Crippen LogP contribution in [-0.4, -0.2) is 30.6 Å². The van der Waals surface area contributed by atoms with Gasteiger partial charge in [-0.25, -0.2) is 0 Å². The zero-order chi connectivity index (χ0) is 13.1. The molecule has 0 aromatic rings. The number of piperidine rings is 1. The molecule has 2 N–H and O–H groups in total. The van der Waals surface area contributed by atoms with Gasteiger partial charge in [0.05, 0.1) is 0 Å². The van der Waals surface area contributed by atoms with Gasteiger partial charge >= 0.3 is 0 Å². The van der Waals surface area contributed by atoms with E-state index in [0.29, 0.717) is 0 Å². The first-order chi connectivity index (χ1) is 8.61. The van der Waals surface area contributed by atoms with Crippen LogP contribution in [0.5, 0.6) is 0 Å². The topological polar surface area (TPSA) is 29.3 Å². The Morgan fingerprint density at radius 1 is 1.11 bits per heavy atom. The molecule has 2 fully saturated rings. The van der Waals surface area contributed by atoms with Crippen LogP contribution < -0.4 is 5.73 Å². The van der Waals surface area contributed by atoms with Crippen LogP contribution in [0.25, 0.3) is 0 Å². The van der Waals surface area contributed by atoms with Gasteiger partial charge in [-0.15, -0.1) is 0 Å². The van der Waals surface area contributed by atoms with Gasteiger partial charge in [-0.05, 0) is 69.0 Å². The molecule has 0 amide bonds. The number of hydrogen-bond donors (Lipinski definition) is 1. The van der Waals surface area contributed by atoms with Crippen molar-refractivity contribution in [2.45, 2.75) is 58.9 Å². The standard InChI is InChI=1S/C16H32N2/c1-12(2)15-5-4-13(3)10-16(15)18-8-6-14(11-17)7-9-18/h12-16H,4-11,17H2,1-3H3. The van der Waals surface area contributed by atoms with E-state index in [1.165, 1.54) is 45.2 Å². The third kappa shape index (κ3) is 3.27. The molecule has 1 heterocycles. The van der Waals surface area contributed by atoms with Crippen molar-refractivity contribution in [2.24, 2.45) is 29.4 Å². The van der Waals surface area contributed by atoms with E-state index in [0.717, 1.165) is 36.3 Å². The Kier molecular flexibility index (Phi) is 5.08. The van der Waals surface area contributed by atoms with Crippen molar-refractivity contribution in [3.63, 3.8) is 0 Å². The smallest absolute Gasteiger partial charge is 0.0128 e. The number of rotatable bonds is 3. The second-order valence-electron chi connectivity index (χ2n) is 7.11. The van der Waals surface area contributed by atoms with Crippen LogP contribution in [0.2, 0.25) is 0 Å². The fourth-order valence-electron chi connectivity index (χ4n) is 4.09. The molecule has 0 spiro atoms. The first-order valence-electron chi connectivity index (χ1n) is 8.06. The lowest BCUT2D eigenvalue weighted by molar-refractivity contribution is 0.0359. The lowest BCUT2D eigenvalue weighted by Gasteiger charge is -2.46. The van der Waals surface area contributed by atoms with Gasteiger partial charge in [0.2, 0.25) is 0 Å². The summed E-state index contributed by atoms with van der Waals surface area (Å²) in [5.41, 5.74) is 5.81. The van der Waals surface area contributed by atoms with E-state index in [9.17, 15) is 0 Å². The van der Waals surface area contributed by atoms with Crippen molar-refractivity contribution < 1.29 is 0 Å². The van der Waals surface area contributed by atoms with Crippen LogP contribution >= 0.6 is 0 Å². The van der Waals surface area contributed by atoms with E-state index in [2.05, 4.69) is 25.7 Å². The molecule has 0 radical (unpaired) electrons. The maximum Gasteiger partial charge on any atom is 0.0128 e. The first-order valence-corrected chi connectivity index (χ1v) is 8.06. The molecule has 1 saturated heterocycles. The van der Waals surface area contributed by atoms with Crippen LogP contribution in [0.4, 0.5) is 0 Å². The van der Waals surface area contributed by atoms with Gasteiger partial charge in [0.25, 0.3) is 0 Å². The van der Waals surface area contributed by atoms with E-state index in [-0.39, 0.29) is 0 Å². The summed E-state index contributed by atoms with van der Waals surface area (Å²) < 4.78 is 0. The number of nitrogens with two attached hydrogens (primary N) is 1. The molecule has 0 aromatic carbocycles. The van der Waals surface area contributed by atoms with Crippen LogP contribution in [0.15, 0.2) is 0 Å². The number of likely N-dealkylation sites (tertiary alicyclic amines) is 1. The third-order valence-corrected chi connectivity index (χ3v) is 5.44. The average molecular weight is 252 g/mol. The maximum atomic E-state index is 5.81. The highest BCUT2D eigenvalue weighted by atomic mass is 15.2. The minimum atomic E-state index is 0.791. The minimum Gasteiger partial charge on any atom is -0.330 e. The summed E-state index contributed by atoms with van der Waals surface area (Å²) in [6.45, 7) is 10.8. The summed E-state index contributed by atoms with van der Waals surface area (Å²) >= 11 is 0. The van der Waals surface area contributed by atoms with Crippen molar-refractivity contribution in [2.75, 3.05) is 19.6 Å². The summed E-state index contributed by atoms with van der Waals surface area (Å²) in [5, 5.41) is 0. The maximum absolute atomic E-state index is 5.81. The van der Waals surface area contributed by atoms with Gasteiger partial charge < -0.3 is 10.6 Å². The molecule has 1 aliphatic carbocycles. The van der Waals surface area contributed by atoms with Crippen molar-refractivity contribution in [3.05, 3.63) is 0 Å². The van der Waals surface area contributed by atoms with Crippen LogP contribution in [0, 0.1) is 23.7 Å². The molecule has 18 heavy (non-hydrogen) atoms. The molecule has 3 atom stereocenters.